The Labute approximate surface area is 158 Å². The van der Waals surface area contributed by atoms with E-state index in [4.69, 9.17) is 4.74 Å². The van der Waals surface area contributed by atoms with Gasteiger partial charge in [0.25, 0.3) is 0 Å². The molecule has 0 radical (unpaired) electrons. The summed E-state index contributed by atoms with van der Waals surface area (Å²) in [6, 6.07) is 4.13. The van der Waals surface area contributed by atoms with Gasteiger partial charge in [0, 0.05) is 36.3 Å². The summed E-state index contributed by atoms with van der Waals surface area (Å²) in [4.78, 5) is 21.3. The van der Waals surface area contributed by atoms with Crippen LogP contribution in [0.15, 0.2) is 22.8 Å². The summed E-state index contributed by atoms with van der Waals surface area (Å²) in [6.45, 7) is 8.65. The van der Waals surface area contributed by atoms with Gasteiger partial charge in [-0.3, -0.25) is 14.6 Å². The number of pyridine rings is 1. The number of aromatic nitrogens is 1. The second-order valence-corrected chi connectivity index (χ2v) is 8.07. The van der Waals surface area contributed by atoms with Gasteiger partial charge in [-0.15, -0.1) is 0 Å². The lowest BCUT2D eigenvalue weighted by Gasteiger charge is -2.38. The zero-order chi connectivity index (χ0) is 17.8. The average Bonchev–Trinajstić information content (AvgIpc) is 2.95. The molecule has 3 rings (SSSR count). The summed E-state index contributed by atoms with van der Waals surface area (Å²) >= 11 is 3.35. The van der Waals surface area contributed by atoms with E-state index in [0.29, 0.717) is 18.4 Å². The molecular formula is C18H27BrN4O2. The molecule has 2 saturated heterocycles. The number of rotatable bonds is 5. The molecule has 2 aliphatic rings. The molecule has 0 bridgehead atoms. The number of carbonyl (C=O) groups is 1. The van der Waals surface area contributed by atoms with Crippen LogP contribution in [-0.4, -0.2) is 71.7 Å². The first-order valence-corrected chi connectivity index (χ1v) is 9.82. The Kier molecular flexibility index (Phi) is 6.44. The Bertz CT molecular complexity index is 573. The number of likely N-dealkylation sites (tertiary alicyclic amines) is 1. The van der Waals surface area contributed by atoms with Crippen LogP contribution in [-0.2, 0) is 9.53 Å². The predicted octanol–water partition coefficient (Wildman–Crippen LogP) is 2.36. The van der Waals surface area contributed by atoms with Crippen molar-refractivity contribution < 1.29 is 9.53 Å². The zero-order valence-electron chi connectivity index (χ0n) is 14.9. The molecule has 7 heteroatoms. The van der Waals surface area contributed by atoms with Crippen molar-refractivity contribution in [1.82, 2.24) is 14.8 Å². The van der Waals surface area contributed by atoms with E-state index in [1.807, 2.05) is 6.07 Å². The van der Waals surface area contributed by atoms with Gasteiger partial charge >= 0.3 is 0 Å². The number of hydrogen-bond acceptors (Lipinski definition) is 5. The quantitative estimate of drug-likeness (QED) is 0.806. The number of ether oxygens (including phenoxy) is 1. The van der Waals surface area contributed by atoms with E-state index in [1.54, 1.807) is 12.3 Å². The van der Waals surface area contributed by atoms with Crippen LogP contribution in [0.3, 0.4) is 0 Å². The number of carbonyl (C=O) groups excluding carboxylic acids is 1. The van der Waals surface area contributed by atoms with Crippen molar-refractivity contribution in [2.24, 2.45) is 0 Å². The minimum Gasteiger partial charge on any atom is -0.373 e. The number of hydrogen-bond donors (Lipinski definition) is 1. The summed E-state index contributed by atoms with van der Waals surface area (Å²) in [5, 5.41) is 2.89. The van der Waals surface area contributed by atoms with Crippen LogP contribution >= 0.6 is 15.9 Å². The first-order valence-electron chi connectivity index (χ1n) is 9.03. The van der Waals surface area contributed by atoms with Crippen LogP contribution < -0.4 is 5.32 Å². The second-order valence-electron chi connectivity index (χ2n) is 7.15. The molecule has 1 aromatic rings. The summed E-state index contributed by atoms with van der Waals surface area (Å²) in [6.07, 6.45) is 4.57. The third-order valence-electron chi connectivity index (χ3n) is 4.80. The van der Waals surface area contributed by atoms with E-state index in [-0.39, 0.29) is 18.1 Å². The monoisotopic (exact) mass is 410 g/mol. The number of nitrogens with one attached hydrogen (secondary N) is 1. The first-order chi connectivity index (χ1) is 12.0. The molecule has 1 N–H and O–H groups in total. The maximum atomic E-state index is 12.4. The van der Waals surface area contributed by atoms with Gasteiger partial charge in [-0.05, 0) is 61.3 Å². The molecule has 0 aromatic carbocycles. The van der Waals surface area contributed by atoms with Gasteiger partial charge in [-0.1, -0.05) is 0 Å². The molecule has 2 fully saturated rings. The molecule has 1 amide bonds. The molecule has 0 saturated carbocycles. The second kappa shape index (κ2) is 8.58. The minimum atomic E-state index is 0.00503. The van der Waals surface area contributed by atoms with Gasteiger partial charge in [0.15, 0.2) is 0 Å². The number of anilines is 1. The minimum absolute atomic E-state index is 0.00503. The molecule has 6 nitrogen and oxygen atoms in total. The summed E-state index contributed by atoms with van der Waals surface area (Å²) in [5.74, 6) is 0.602. The fourth-order valence-corrected chi connectivity index (χ4v) is 4.09. The van der Waals surface area contributed by atoms with Crippen molar-refractivity contribution in [3.05, 3.63) is 22.8 Å². The summed E-state index contributed by atoms with van der Waals surface area (Å²) < 4.78 is 6.72. The molecule has 0 aliphatic carbocycles. The number of morpholine rings is 1. The highest BCUT2D eigenvalue weighted by molar-refractivity contribution is 9.10. The maximum absolute atomic E-state index is 12.4. The van der Waals surface area contributed by atoms with E-state index >= 15 is 0 Å². The Balaban J connectivity index is 1.51. The summed E-state index contributed by atoms with van der Waals surface area (Å²) in [5.41, 5.74) is 0. The molecule has 3 atom stereocenters. The molecule has 3 unspecified atom stereocenters. The summed E-state index contributed by atoms with van der Waals surface area (Å²) in [7, 11) is 0. The molecule has 138 valence electrons. The van der Waals surface area contributed by atoms with Crippen molar-refractivity contribution in [2.75, 3.05) is 38.0 Å². The molecule has 2 aliphatic heterocycles. The fraction of sp³-hybridized carbons (Fsp3) is 0.667. The molecule has 25 heavy (non-hydrogen) atoms. The van der Waals surface area contributed by atoms with E-state index in [1.165, 1.54) is 0 Å². The molecular weight excluding hydrogens is 384 g/mol. The van der Waals surface area contributed by atoms with Crippen LogP contribution in [0.25, 0.3) is 0 Å². The Morgan fingerprint density at radius 1 is 1.36 bits per heavy atom. The highest BCUT2D eigenvalue weighted by Gasteiger charge is 2.30. The van der Waals surface area contributed by atoms with Crippen LogP contribution in [0.5, 0.6) is 0 Å². The van der Waals surface area contributed by atoms with Gasteiger partial charge in [0.2, 0.25) is 5.91 Å². The molecule has 1 aromatic heterocycles. The van der Waals surface area contributed by atoms with Crippen molar-refractivity contribution in [3.63, 3.8) is 0 Å². The highest BCUT2D eigenvalue weighted by Crippen LogP contribution is 2.20. The zero-order valence-corrected chi connectivity index (χ0v) is 16.5. The van der Waals surface area contributed by atoms with Crippen LogP contribution in [0, 0.1) is 0 Å². The van der Waals surface area contributed by atoms with Crippen LogP contribution in [0.2, 0.25) is 0 Å². The van der Waals surface area contributed by atoms with E-state index in [2.05, 4.69) is 49.9 Å². The lowest BCUT2D eigenvalue weighted by atomic mass is 10.1. The normalized spacial score (nSPS) is 28.2. The standard InChI is InChI=1S/C18H27BrN4O2/c1-13-9-22(10-14(2)25-13)11-16-4-3-7-23(16)12-18(24)21-17-6-5-15(19)8-20-17/h5-6,8,13-14,16H,3-4,7,9-12H2,1-2H3,(H,20,21,24). The first kappa shape index (κ1) is 18.8. The third-order valence-corrected chi connectivity index (χ3v) is 5.27. The third kappa shape index (κ3) is 5.48. The highest BCUT2D eigenvalue weighted by atomic mass is 79.9. The Morgan fingerprint density at radius 2 is 2.12 bits per heavy atom. The van der Waals surface area contributed by atoms with Crippen LogP contribution in [0.4, 0.5) is 5.82 Å². The van der Waals surface area contributed by atoms with E-state index < -0.39 is 0 Å². The number of halogens is 1. The largest absolute Gasteiger partial charge is 0.373 e. The lowest BCUT2D eigenvalue weighted by Crippen LogP contribution is -2.50. The van der Waals surface area contributed by atoms with Gasteiger partial charge in [0.1, 0.15) is 5.82 Å². The van der Waals surface area contributed by atoms with Crippen molar-refractivity contribution in [1.29, 1.82) is 0 Å². The van der Waals surface area contributed by atoms with Crippen molar-refractivity contribution >= 4 is 27.7 Å². The topological polar surface area (TPSA) is 57.7 Å². The number of amides is 1. The van der Waals surface area contributed by atoms with Crippen molar-refractivity contribution in [2.45, 2.75) is 44.9 Å². The predicted molar refractivity (Wildman–Crippen MR) is 102 cm³/mol. The van der Waals surface area contributed by atoms with E-state index in [9.17, 15) is 4.79 Å². The van der Waals surface area contributed by atoms with Gasteiger partial charge < -0.3 is 10.1 Å². The van der Waals surface area contributed by atoms with Gasteiger partial charge in [-0.25, -0.2) is 4.98 Å². The molecule has 3 heterocycles. The molecule has 0 spiro atoms. The number of nitrogens with zero attached hydrogens (tertiary/aromatic N) is 3. The van der Waals surface area contributed by atoms with Crippen LogP contribution in [0.1, 0.15) is 26.7 Å². The SMILES string of the molecule is CC1CN(CC2CCCN2CC(=O)Nc2ccc(Br)cn2)CC(C)O1. The average molecular weight is 411 g/mol. The van der Waals surface area contributed by atoms with Crippen molar-refractivity contribution in [3.8, 4) is 0 Å². The van der Waals surface area contributed by atoms with Gasteiger partial charge in [0.05, 0.1) is 18.8 Å². The Morgan fingerprint density at radius 3 is 2.80 bits per heavy atom. The fourth-order valence-electron chi connectivity index (χ4n) is 3.86. The van der Waals surface area contributed by atoms with Gasteiger partial charge in [-0.2, -0.15) is 0 Å². The lowest BCUT2D eigenvalue weighted by molar-refractivity contribution is -0.118. The van der Waals surface area contributed by atoms with E-state index in [0.717, 1.165) is 43.5 Å². The Hall–Kier alpha value is -1.02. The smallest absolute Gasteiger partial charge is 0.239 e. The maximum Gasteiger partial charge on any atom is 0.239 e.